The molecule has 2 fully saturated rings. The normalized spacial score (nSPS) is 28.2. The minimum absolute atomic E-state index is 0.161. The van der Waals surface area contributed by atoms with Crippen molar-refractivity contribution in [1.29, 1.82) is 0 Å². The van der Waals surface area contributed by atoms with Crippen LogP contribution in [0.1, 0.15) is 22.6 Å². The number of hydrogen-bond acceptors (Lipinski definition) is 5. The Kier molecular flexibility index (Phi) is 3.36. The summed E-state index contributed by atoms with van der Waals surface area (Å²) in [4.78, 5) is 33.8. The predicted molar refractivity (Wildman–Crippen MR) is 71.7 cm³/mol. The summed E-state index contributed by atoms with van der Waals surface area (Å²) in [5.41, 5.74) is 0.101. The third-order valence-corrected chi connectivity index (χ3v) is 4.42. The Morgan fingerprint density at radius 1 is 1.43 bits per heavy atom. The molecule has 0 radical (unpaired) electrons. The molecule has 0 aliphatic carbocycles. The second kappa shape index (κ2) is 5.07. The Labute approximate surface area is 121 Å². The van der Waals surface area contributed by atoms with Crippen LogP contribution in [0.3, 0.4) is 0 Å². The van der Waals surface area contributed by atoms with Gasteiger partial charge in [0.1, 0.15) is 5.69 Å². The van der Waals surface area contributed by atoms with Crippen molar-refractivity contribution in [2.75, 3.05) is 26.3 Å². The molecular formula is C14H17N3O4. The zero-order valence-corrected chi connectivity index (χ0v) is 11.8. The SMILES string of the molecule is Cc1cnc(C(=O)N2C[C@H]3COCC[C@@]3(C(=O)O)C2)cn1. The zero-order chi connectivity index (χ0) is 15.0. The first-order valence-electron chi connectivity index (χ1n) is 6.92. The molecule has 0 spiro atoms. The molecule has 1 aromatic heterocycles. The van der Waals surface area contributed by atoms with Crippen molar-refractivity contribution >= 4 is 11.9 Å². The lowest BCUT2D eigenvalue weighted by molar-refractivity contribution is -0.157. The molecule has 3 rings (SSSR count). The molecule has 0 aromatic carbocycles. The molecule has 7 heteroatoms. The van der Waals surface area contributed by atoms with Crippen molar-refractivity contribution in [2.24, 2.45) is 11.3 Å². The zero-order valence-electron chi connectivity index (χ0n) is 11.8. The average Bonchev–Trinajstić information content (AvgIpc) is 2.88. The Morgan fingerprint density at radius 2 is 2.24 bits per heavy atom. The van der Waals surface area contributed by atoms with E-state index in [2.05, 4.69) is 9.97 Å². The maximum absolute atomic E-state index is 12.5. The lowest BCUT2D eigenvalue weighted by Gasteiger charge is -2.33. The number of fused-ring (bicyclic) bond motifs is 1. The van der Waals surface area contributed by atoms with E-state index in [4.69, 9.17) is 4.74 Å². The van der Waals surface area contributed by atoms with E-state index in [9.17, 15) is 14.7 Å². The fourth-order valence-corrected chi connectivity index (χ4v) is 3.12. The smallest absolute Gasteiger partial charge is 0.311 e. The number of aryl methyl sites for hydroxylation is 1. The van der Waals surface area contributed by atoms with Gasteiger partial charge in [-0.2, -0.15) is 0 Å². The van der Waals surface area contributed by atoms with Crippen molar-refractivity contribution in [3.05, 3.63) is 23.8 Å². The van der Waals surface area contributed by atoms with Crippen LogP contribution >= 0.6 is 0 Å². The summed E-state index contributed by atoms with van der Waals surface area (Å²) in [7, 11) is 0. The average molecular weight is 291 g/mol. The van der Waals surface area contributed by atoms with E-state index in [1.54, 1.807) is 11.8 Å². The predicted octanol–water partition coefficient (Wildman–Crippen LogP) is 0.348. The Balaban J connectivity index is 1.83. The maximum atomic E-state index is 12.5. The van der Waals surface area contributed by atoms with Crippen LogP contribution in [0, 0.1) is 18.3 Å². The number of carbonyl (C=O) groups excluding carboxylic acids is 1. The molecular weight excluding hydrogens is 274 g/mol. The van der Waals surface area contributed by atoms with E-state index in [0.29, 0.717) is 26.2 Å². The highest BCUT2D eigenvalue weighted by atomic mass is 16.5. The number of aromatic nitrogens is 2. The Hall–Kier alpha value is -2.02. The molecule has 0 saturated carbocycles. The molecule has 112 valence electrons. The lowest BCUT2D eigenvalue weighted by Crippen LogP contribution is -2.45. The number of ether oxygens (including phenoxy) is 1. The summed E-state index contributed by atoms with van der Waals surface area (Å²) < 4.78 is 5.38. The van der Waals surface area contributed by atoms with Gasteiger partial charge in [0, 0.05) is 31.8 Å². The minimum atomic E-state index is -0.883. The summed E-state index contributed by atoms with van der Waals surface area (Å²) in [6.07, 6.45) is 3.41. The molecule has 2 aliphatic heterocycles. The van der Waals surface area contributed by atoms with Crippen molar-refractivity contribution in [1.82, 2.24) is 14.9 Å². The van der Waals surface area contributed by atoms with Gasteiger partial charge in [-0.1, -0.05) is 0 Å². The van der Waals surface area contributed by atoms with Gasteiger partial charge in [-0.25, -0.2) is 4.98 Å². The van der Waals surface area contributed by atoms with E-state index in [0.717, 1.165) is 5.69 Å². The maximum Gasteiger partial charge on any atom is 0.311 e. The van der Waals surface area contributed by atoms with E-state index in [1.165, 1.54) is 12.4 Å². The number of likely N-dealkylation sites (tertiary alicyclic amines) is 1. The van der Waals surface area contributed by atoms with Crippen molar-refractivity contribution in [3.8, 4) is 0 Å². The number of carboxylic acids is 1. The van der Waals surface area contributed by atoms with Crippen molar-refractivity contribution in [3.63, 3.8) is 0 Å². The van der Waals surface area contributed by atoms with E-state index < -0.39 is 11.4 Å². The second-order valence-corrected chi connectivity index (χ2v) is 5.71. The van der Waals surface area contributed by atoms with Crippen LogP contribution in [0.15, 0.2) is 12.4 Å². The highest BCUT2D eigenvalue weighted by molar-refractivity contribution is 5.93. The van der Waals surface area contributed by atoms with Crippen molar-refractivity contribution in [2.45, 2.75) is 13.3 Å². The molecule has 3 heterocycles. The van der Waals surface area contributed by atoms with Gasteiger partial charge in [-0.3, -0.25) is 14.6 Å². The summed E-state index contributed by atoms with van der Waals surface area (Å²) in [6, 6.07) is 0. The van der Waals surface area contributed by atoms with Crippen LogP contribution in [0.4, 0.5) is 0 Å². The van der Waals surface area contributed by atoms with Crippen LogP contribution < -0.4 is 0 Å². The number of aliphatic carboxylic acids is 1. The van der Waals surface area contributed by atoms with Gasteiger partial charge in [0.05, 0.1) is 23.9 Å². The highest BCUT2D eigenvalue weighted by Crippen LogP contribution is 2.42. The number of rotatable bonds is 2. The summed E-state index contributed by atoms with van der Waals surface area (Å²) in [5, 5.41) is 9.58. The number of hydrogen-bond donors (Lipinski definition) is 1. The summed E-state index contributed by atoms with van der Waals surface area (Å²) in [6.45, 7) is 3.21. The van der Waals surface area contributed by atoms with Gasteiger partial charge >= 0.3 is 5.97 Å². The van der Waals surface area contributed by atoms with Crippen LogP contribution in [0.5, 0.6) is 0 Å². The van der Waals surface area contributed by atoms with Crippen LogP contribution in [-0.4, -0.2) is 58.2 Å². The van der Waals surface area contributed by atoms with Gasteiger partial charge in [-0.05, 0) is 13.3 Å². The topological polar surface area (TPSA) is 92.6 Å². The first-order valence-corrected chi connectivity index (χ1v) is 6.92. The first kappa shape index (κ1) is 13.9. The van der Waals surface area contributed by atoms with Crippen molar-refractivity contribution < 1.29 is 19.4 Å². The van der Waals surface area contributed by atoms with E-state index in [1.807, 2.05) is 0 Å². The highest BCUT2D eigenvalue weighted by Gasteiger charge is 2.55. The third kappa shape index (κ3) is 2.27. The molecule has 1 N–H and O–H groups in total. The van der Waals surface area contributed by atoms with Gasteiger partial charge in [0.15, 0.2) is 0 Å². The van der Waals surface area contributed by atoms with Crippen LogP contribution in [-0.2, 0) is 9.53 Å². The minimum Gasteiger partial charge on any atom is -0.481 e. The molecule has 1 amide bonds. The van der Waals surface area contributed by atoms with Gasteiger partial charge in [0.25, 0.3) is 5.91 Å². The van der Waals surface area contributed by atoms with Gasteiger partial charge in [0.2, 0.25) is 0 Å². The Bertz CT molecular complexity index is 574. The summed E-state index contributed by atoms with van der Waals surface area (Å²) >= 11 is 0. The van der Waals surface area contributed by atoms with E-state index >= 15 is 0 Å². The summed E-state index contributed by atoms with van der Waals surface area (Å²) in [5.74, 6) is -1.27. The molecule has 2 atom stereocenters. The van der Waals surface area contributed by atoms with Gasteiger partial charge in [-0.15, -0.1) is 0 Å². The first-order chi connectivity index (χ1) is 10.0. The molecule has 2 aliphatic rings. The molecule has 0 unspecified atom stereocenters. The fourth-order valence-electron chi connectivity index (χ4n) is 3.12. The number of carboxylic acid groups (broad SMARTS) is 1. The Morgan fingerprint density at radius 3 is 2.86 bits per heavy atom. The molecule has 7 nitrogen and oxygen atoms in total. The standard InChI is InChI=1S/C14H17N3O4/c1-9-4-16-11(5-15-9)12(18)17-6-10-7-21-3-2-14(10,8-17)13(19)20/h4-5,10H,2-3,6-8H2,1H3,(H,19,20)/t10-,14+/m0/s1. The largest absolute Gasteiger partial charge is 0.481 e. The molecule has 21 heavy (non-hydrogen) atoms. The van der Waals surface area contributed by atoms with Crippen LogP contribution in [0.25, 0.3) is 0 Å². The fraction of sp³-hybridized carbons (Fsp3) is 0.571. The van der Waals surface area contributed by atoms with Gasteiger partial charge < -0.3 is 14.7 Å². The molecule has 1 aromatic rings. The number of carbonyl (C=O) groups is 2. The number of amides is 1. The van der Waals surface area contributed by atoms with E-state index in [-0.39, 0.29) is 24.1 Å². The monoisotopic (exact) mass is 291 g/mol. The number of nitrogens with zero attached hydrogens (tertiary/aromatic N) is 3. The molecule has 0 bridgehead atoms. The lowest BCUT2D eigenvalue weighted by atomic mass is 9.74. The van der Waals surface area contributed by atoms with Crippen LogP contribution in [0.2, 0.25) is 0 Å². The second-order valence-electron chi connectivity index (χ2n) is 5.71. The quantitative estimate of drug-likeness (QED) is 0.845. The molecule has 2 saturated heterocycles. The third-order valence-electron chi connectivity index (χ3n) is 4.42.